The third kappa shape index (κ3) is 6.17. The van der Waals surface area contributed by atoms with E-state index < -0.39 is 86.4 Å². The van der Waals surface area contributed by atoms with Crippen molar-refractivity contribution in [2.24, 2.45) is 0 Å². The van der Waals surface area contributed by atoms with E-state index in [1.807, 2.05) is 5.32 Å². The van der Waals surface area contributed by atoms with Gasteiger partial charge in [-0.05, 0) is 62.6 Å². The summed E-state index contributed by atoms with van der Waals surface area (Å²) in [6.07, 6.45) is -13.9. The van der Waals surface area contributed by atoms with Crippen molar-refractivity contribution in [2.75, 3.05) is 10.8 Å². The summed E-state index contributed by atoms with van der Waals surface area (Å²) in [5, 5.41) is 21.3. The van der Waals surface area contributed by atoms with E-state index in [0.29, 0.717) is 16.4 Å². The number of nitrogens with one attached hydrogen (secondary N) is 1. The molecular weight excluding hydrogens is 611 g/mol. The monoisotopic (exact) mass is 636 g/mol. The number of sulfonamides is 1. The number of hydrogen-bond acceptors (Lipinski definition) is 5. The molecule has 0 spiro atoms. The molecule has 42 heavy (non-hydrogen) atoms. The fraction of sp³-hybridized carbons (Fsp3) is 0.480. The van der Waals surface area contributed by atoms with E-state index in [0.717, 1.165) is 38.1 Å². The summed E-state index contributed by atoms with van der Waals surface area (Å²) < 4.78 is 150. The molecule has 1 heterocycles. The van der Waals surface area contributed by atoms with Crippen LogP contribution in [-0.2, 0) is 26.8 Å². The molecule has 1 atom stereocenters. The molecule has 3 rings (SSSR count). The zero-order chi connectivity index (χ0) is 32.1. The molecule has 7 nitrogen and oxygen atoms in total. The van der Waals surface area contributed by atoms with Gasteiger partial charge in [0.05, 0.1) is 23.2 Å². The summed E-state index contributed by atoms with van der Waals surface area (Å²) in [6.45, 7) is 0.252. The molecule has 0 aromatic heterocycles. The SMILES string of the molecule is CC(C)(O)C(F)(F)CNC(=O)C[C@@H]1CCc2cc(C(O)(C(F)(F)F)C(F)(F)F)ccc2N1S(=O)(=O)c1ccc(F)cc1. The van der Waals surface area contributed by atoms with Crippen molar-refractivity contribution in [2.45, 2.75) is 73.5 Å². The lowest BCUT2D eigenvalue weighted by molar-refractivity contribution is -0.376. The Morgan fingerprint density at radius 1 is 0.952 bits per heavy atom. The molecule has 2 aromatic carbocycles. The van der Waals surface area contributed by atoms with Crippen LogP contribution in [0.5, 0.6) is 0 Å². The summed E-state index contributed by atoms with van der Waals surface area (Å²) in [4.78, 5) is 12.0. The number of alkyl halides is 8. The van der Waals surface area contributed by atoms with Crippen LogP contribution in [0.15, 0.2) is 47.4 Å². The van der Waals surface area contributed by atoms with Crippen LogP contribution in [0.1, 0.15) is 37.8 Å². The standard InChI is InChI=1S/C25H25F9N2O5S/c1-21(2,38)22(27,28)13-35-20(37)12-17-7-3-14-11-15(23(39,24(29,30)31)25(32,33)34)4-10-19(14)36(17)42(40,41)18-8-5-16(26)6-9-18/h4-6,8-11,17,38-39H,3,7,12-13H2,1-2H3,(H,35,37)/t17-/m0/s1. The summed E-state index contributed by atoms with van der Waals surface area (Å²) in [6, 6.07) is 3.02. The summed E-state index contributed by atoms with van der Waals surface area (Å²) >= 11 is 0. The number of aryl methyl sites for hydroxylation is 1. The molecule has 0 saturated carbocycles. The largest absolute Gasteiger partial charge is 0.430 e. The normalized spacial score (nSPS) is 17.2. The first-order valence-electron chi connectivity index (χ1n) is 12.1. The fourth-order valence-electron chi connectivity index (χ4n) is 4.29. The van der Waals surface area contributed by atoms with Gasteiger partial charge >= 0.3 is 12.4 Å². The number of amides is 1. The Kier molecular flexibility index (Phi) is 8.68. The number of aliphatic hydroxyl groups is 2. The van der Waals surface area contributed by atoms with Gasteiger partial charge < -0.3 is 15.5 Å². The fourth-order valence-corrected chi connectivity index (χ4v) is 6.01. The smallest absolute Gasteiger partial charge is 0.384 e. The minimum Gasteiger partial charge on any atom is -0.384 e. The van der Waals surface area contributed by atoms with Crippen molar-refractivity contribution in [1.29, 1.82) is 0 Å². The van der Waals surface area contributed by atoms with Crippen LogP contribution in [0.4, 0.5) is 45.2 Å². The topological polar surface area (TPSA) is 107 Å². The molecule has 17 heteroatoms. The second kappa shape index (κ2) is 10.9. The number of carbonyl (C=O) groups excluding carboxylic acids is 1. The van der Waals surface area contributed by atoms with Crippen molar-refractivity contribution in [3.05, 3.63) is 59.4 Å². The van der Waals surface area contributed by atoms with Crippen LogP contribution in [0.25, 0.3) is 0 Å². The Morgan fingerprint density at radius 3 is 2.00 bits per heavy atom. The second-order valence-corrected chi connectivity index (χ2v) is 12.1. The number of nitrogens with zero attached hydrogens (tertiary/aromatic N) is 1. The highest BCUT2D eigenvalue weighted by Gasteiger charge is 2.71. The lowest BCUT2D eigenvalue weighted by atomic mass is 9.87. The van der Waals surface area contributed by atoms with Gasteiger partial charge in [-0.15, -0.1) is 0 Å². The Hall–Kier alpha value is -3.05. The number of anilines is 1. The van der Waals surface area contributed by atoms with Gasteiger partial charge in [0.15, 0.2) is 0 Å². The maximum absolute atomic E-state index is 14.1. The van der Waals surface area contributed by atoms with Crippen molar-refractivity contribution in [1.82, 2.24) is 5.32 Å². The highest BCUT2D eigenvalue weighted by atomic mass is 32.2. The first-order valence-corrected chi connectivity index (χ1v) is 13.5. The molecule has 0 saturated heterocycles. The van der Waals surface area contributed by atoms with E-state index in [1.165, 1.54) is 0 Å². The first-order chi connectivity index (χ1) is 18.9. The number of fused-ring (bicyclic) bond motifs is 1. The van der Waals surface area contributed by atoms with Gasteiger partial charge in [-0.1, -0.05) is 12.1 Å². The molecule has 1 aliphatic heterocycles. The van der Waals surface area contributed by atoms with E-state index in [9.17, 15) is 62.9 Å². The second-order valence-electron chi connectivity index (χ2n) is 10.2. The zero-order valence-corrected chi connectivity index (χ0v) is 22.6. The van der Waals surface area contributed by atoms with Gasteiger partial charge in [0, 0.05) is 12.0 Å². The van der Waals surface area contributed by atoms with E-state index in [2.05, 4.69) is 0 Å². The molecule has 0 aliphatic carbocycles. The number of rotatable bonds is 8. The van der Waals surface area contributed by atoms with Gasteiger partial charge in [0.2, 0.25) is 5.91 Å². The minimum atomic E-state index is -6.21. The van der Waals surface area contributed by atoms with Gasteiger partial charge in [-0.2, -0.15) is 26.3 Å². The molecule has 1 aliphatic rings. The highest BCUT2D eigenvalue weighted by Crippen LogP contribution is 2.51. The van der Waals surface area contributed by atoms with Gasteiger partial charge in [-0.25, -0.2) is 21.6 Å². The first kappa shape index (κ1) is 33.5. The van der Waals surface area contributed by atoms with Crippen LogP contribution in [-0.4, -0.2) is 61.0 Å². The Bertz CT molecular complexity index is 1410. The summed E-state index contributed by atoms with van der Waals surface area (Å²) in [7, 11) is -4.77. The van der Waals surface area contributed by atoms with Crippen LogP contribution in [0, 0.1) is 5.82 Å². The Labute approximate surface area is 234 Å². The van der Waals surface area contributed by atoms with Crippen molar-refractivity contribution in [3.8, 4) is 0 Å². The molecular formula is C25H25F9N2O5S. The van der Waals surface area contributed by atoms with Gasteiger partial charge in [0.1, 0.15) is 11.4 Å². The molecule has 1 amide bonds. The third-order valence-electron chi connectivity index (χ3n) is 6.83. The molecule has 0 bridgehead atoms. The average molecular weight is 637 g/mol. The highest BCUT2D eigenvalue weighted by molar-refractivity contribution is 7.92. The maximum atomic E-state index is 14.1. The van der Waals surface area contributed by atoms with Crippen LogP contribution < -0.4 is 9.62 Å². The quantitative estimate of drug-likeness (QED) is 0.369. The summed E-state index contributed by atoms with van der Waals surface area (Å²) in [5.41, 5.74) is -10.3. The van der Waals surface area contributed by atoms with E-state index >= 15 is 0 Å². The average Bonchev–Trinajstić information content (AvgIpc) is 2.84. The van der Waals surface area contributed by atoms with Crippen molar-refractivity contribution < 1.29 is 62.9 Å². The van der Waals surface area contributed by atoms with E-state index in [-0.39, 0.29) is 24.5 Å². The van der Waals surface area contributed by atoms with Gasteiger partial charge in [-0.3, -0.25) is 9.10 Å². The van der Waals surface area contributed by atoms with Gasteiger partial charge in [0.25, 0.3) is 21.5 Å². The predicted molar refractivity (Wildman–Crippen MR) is 129 cm³/mol. The molecule has 2 aromatic rings. The predicted octanol–water partition coefficient (Wildman–Crippen LogP) is 4.56. The molecule has 0 unspecified atom stereocenters. The lowest BCUT2D eigenvalue weighted by Gasteiger charge is -2.39. The number of benzene rings is 2. The minimum absolute atomic E-state index is 0.235. The molecule has 0 fully saturated rings. The Balaban J connectivity index is 2.08. The Morgan fingerprint density at radius 2 is 1.50 bits per heavy atom. The molecule has 234 valence electrons. The summed E-state index contributed by atoms with van der Waals surface area (Å²) in [5.74, 6) is -5.74. The van der Waals surface area contributed by atoms with Crippen LogP contribution in [0.3, 0.4) is 0 Å². The number of hydrogen-bond donors (Lipinski definition) is 3. The molecule has 0 radical (unpaired) electrons. The van der Waals surface area contributed by atoms with Crippen LogP contribution in [0.2, 0.25) is 0 Å². The maximum Gasteiger partial charge on any atom is 0.430 e. The zero-order valence-electron chi connectivity index (χ0n) is 21.8. The van der Waals surface area contributed by atoms with E-state index in [1.54, 1.807) is 0 Å². The third-order valence-corrected chi connectivity index (χ3v) is 8.71. The van der Waals surface area contributed by atoms with Crippen molar-refractivity contribution >= 4 is 21.6 Å². The number of carbonyl (C=O) groups is 1. The van der Waals surface area contributed by atoms with Crippen molar-refractivity contribution in [3.63, 3.8) is 0 Å². The van der Waals surface area contributed by atoms with E-state index in [4.69, 9.17) is 0 Å². The lowest BCUT2D eigenvalue weighted by Crippen LogP contribution is -2.54. The molecule has 3 N–H and O–H groups in total. The number of halogens is 9. The van der Waals surface area contributed by atoms with Crippen LogP contribution >= 0.6 is 0 Å².